The molecule has 0 radical (unpaired) electrons. The van der Waals surface area contributed by atoms with Crippen LogP contribution in [0.4, 0.5) is 5.13 Å². The van der Waals surface area contributed by atoms with E-state index >= 15 is 0 Å². The predicted octanol–water partition coefficient (Wildman–Crippen LogP) is 7.09. The summed E-state index contributed by atoms with van der Waals surface area (Å²) in [5.74, 6) is 0.497. The Morgan fingerprint density at radius 2 is 1.80 bits per heavy atom. The van der Waals surface area contributed by atoms with Gasteiger partial charge < -0.3 is 10.2 Å². The Balaban J connectivity index is 2.03. The largest absolute Gasteiger partial charge is 0.373 e. The molecule has 3 aromatic rings. The van der Waals surface area contributed by atoms with Crippen LogP contribution in [0.1, 0.15) is 46.6 Å². The van der Waals surface area contributed by atoms with Crippen molar-refractivity contribution in [3.8, 4) is 0 Å². The van der Waals surface area contributed by atoms with Gasteiger partial charge in [-0.3, -0.25) is 0 Å². The fourth-order valence-electron chi connectivity index (χ4n) is 3.36. The molecule has 1 unspecified atom stereocenters. The second-order valence-corrected chi connectivity index (χ2v) is 11.0. The molecule has 0 bridgehead atoms. The van der Waals surface area contributed by atoms with E-state index in [0.717, 1.165) is 33.6 Å². The number of thiazole rings is 1. The minimum Gasteiger partial charge on any atom is -0.373 e. The Bertz CT molecular complexity index is 957. The lowest BCUT2D eigenvalue weighted by Crippen LogP contribution is -2.51. The number of halogens is 1. The summed E-state index contributed by atoms with van der Waals surface area (Å²) < 4.78 is 1.19. The lowest BCUT2D eigenvalue weighted by Gasteiger charge is -2.36. The van der Waals surface area contributed by atoms with Crippen LogP contribution in [0.5, 0.6) is 0 Å². The van der Waals surface area contributed by atoms with Crippen LogP contribution in [0.2, 0.25) is 5.02 Å². The van der Waals surface area contributed by atoms with E-state index in [0.29, 0.717) is 5.92 Å². The first-order valence-electron chi connectivity index (χ1n) is 10.3. The molecule has 6 heteroatoms. The Labute approximate surface area is 194 Å². The number of fused-ring (bicyclic) bond motifs is 1. The first-order valence-corrected chi connectivity index (χ1v) is 11.9. The molecule has 0 spiro atoms. The maximum Gasteiger partial charge on any atom is 0.187 e. The molecule has 1 atom stereocenters. The molecule has 1 heterocycles. The van der Waals surface area contributed by atoms with E-state index < -0.39 is 0 Å². The minimum atomic E-state index is -0.0914. The molecule has 2 aromatic carbocycles. The topological polar surface area (TPSA) is 28.2 Å². The molecule has 0 saturated carbocycles. The zero-order chi connectivity index (χ0) is 21.9. The van der Waals surface area contributed by atoms with Crippen LogP contribution in [-0.2, 0) is 6.54 Å². The number of nitrogens with one attached hydrogen (secondary N) is 1. The van der Waals surface area contributed by atoms with Gasteiger partial charge in [0.25, 0.3) is 0 Å². The van der Waals surface area contributed by atoms with Crippen LogP contribution < -0.4 is 10.2 Å². The molecular formula is C24H30ClN3S2. The van der Waals surface area contributed by atoms with E-state index in [9.17, 15) is 0 Å². The van der Waals surface area contributed by atoms with Gasteiger partial charge >= 0.3 is 0 Å². The molecule has 0 aliphatic carbocycles. The molecule has 1 N–H and O–H groups in total. The first-order chi connectivity index (χ1) is 14.1. The average Bonchev–Trinajstić information content (AvgIpc) is 3.08. The maximum atomic E-state index is 6.12. The molecule has 0 aliphatic rings. The Morgan fingerprint density at radius 3 is 2.40 bits per heavy atom. The van der Waals surface area contributed by atoms with Gasteiger partial charge in [-0.1, -0.05) is 73.3 Å². The summed E-state index contributed by atoms with van der Waals surface area (Å²) in [6, 6.07) is 16.4. The lowest BCUT2D eigenvalue weighted by molar-refractivity contribution is 0.481. The van der Waals surface area contributed by atoms with Gasteiger partial charge in [-0.25, -0.2) is 4.98 Å². The standard InChI is InChI=1S/C24H30ClN3S2/c1-16(2)14-20(22(29)27-24(3,4)5)28(15-17-10-12-18(25)13-11-17)23-26-19-8-6-7-9-21(19)30-23/h6-13,16,20H,14-15H2,1-5H3,(H,27,29). The van der Waals surface area contributed by atoms with Crippen molar-refractivity contribution < 1.29 is 0 Å². The van der Waals surface area contributed by atoms with E-state index in [4.69, 9.17) is 28.8 Å². The minimum absolute atomic E-state index is 0.0514. The summed E-state index contributed by atoms with van der Waals surface area (Å²) >= 11 is 13.8. The van der Waals surface area contributed by atoms with Crippen LogP contribution in [0, 0.1) is 5.92 Å². The van der Waals surface area contributed by atoms with E-state index in [2.05, 4.69) is 75.2 Å². The highest BCUT2D eigenvalue weighted by Crippen LogP contribution is 2.33. The van der Waals surface area contributed by atoms with Crippen molar-refractivity contribution in [2.24, 2.45) is 5.92 Å². The third-order valence-corrected chi connectivity index (χ3v) is 6.37. The zero-order valence-corrected chi connectivity index (χ0v) is 20.7. The SMILES string of the molecule is CC(C)CC(C(=S)NC(C)(C)C)N(Cc1ccc(Cl)cc1)c1nc2ccccc2s1. The van der Waals surface area contributed by atoms with Gasteiger partial charge in [0.2, 0.25) is 0 Å². The van der Waals surface area contributed by atoms with Crippen molar-refractivity contribution in [2.45, 2.75) is 59.2 Å². The molecule has 1 aromatic heterocycles. The summed E-state index contributed by atoms with van der Waals surface area (Å²) in [4.78, 5) is 8.19. The van der Waals surface area contributed by atoms with Crippen LogP contribution >= 0.6 is 35.2 Å². The molecule has 0 aliphatic heterocycles. The number of benzene rings is 2. The molecule has 3 rings (SSSR count). The predicted molar refractivity (Wildman–Crippen MR) is 136 cm³/mol. The van der Waals surface area contributed by atoms with Gasteiger partial charge in [-0.15, -0.1) is 0 Å². The molecule has 0 amide bonds. The third-order valence-electron chi connectivity index (χ3n) is 4.67. The fourth-order valence-corrected chi connectivity index (χ4v) is 5.03. The summed E-state index contributed by atoms with van der Waals surface area (Å²) in [6.07, 6.45) is 0.950. The smallest absolute Gasteiger partial charge is 0.187 e. The molecule has 0 fully saturated rings. The quantitative estimate of drug-likeness (QED) is 0.382. The number of hydrogen-bond donors (Lipinski definition) is 1. The van der Waals surface area contributed by atoms with E-state index in [1.165, 1.54) is 10.3 Å². The van der Waals surface area contributed by atoms with Crippen LogP contribution in [0.3, 0.4) is 0 Å². The number of para-hydroxylation sites is 1. The molecular weight excluding hydrogens is 430 g/mol. The summed E-state index contributed by atoms with van der Waals surface area (Å²) in [5.41, 5.74) is 2.12. The Morgan fingerprint density at radius 1 is 1.13 bits per heavy atom. The normalized spacial score (nSPS) is 12.9. The summed E-state index contributed by atoms with van der Waals surface area (Å²) in [7, 11) is 0. The summed E-state index contributed by atoms with van der Waals surface area (Å²) in [6.45, 7) is 11.6. The van der Waals surface area contributed by atoms with Gasteiger partial charge in [-0.05, 0) is 62.9 Å². The van der Waals surface area contributed by atoms with Crippen molar-refractivity contribution in [3.05, 3.63) is 59.1 Å². The van der Waals surface area contributed by atoms with Gasteiger partial charge in [0, 0.05) is 17.1 Å². The number of thiocarbonyl (C=S) groups is 1. The number of rotatable bonds is 7. The van der Waals surface area contributed by atoms with Crippen molar-refractivity contribution >= 4 is 55.5 Å². The van der Waals surface area contributed by atoms with Crippen LogP contribution in [-0.4, -0.2) is 21.6 Å². The van der Waals surface area contributed by atoms with Crippen molar-refractivity contribution in [3.63, 3.8) is 0 Å². The van der Waals surface area contributed by atoms with Crippen molar-refractivity contribution in [1.82, 2.24) is 10.3 Å². The van der Waals surface area contributed by atoms with E-state index in [-0.39, 0.29) is 11.6 Å². The maximum absolute atomic E-state index is 6.12. The van der Waals surface area contributed by atoms with Crippen LogP contribution in [0.25, 0.3) is 10.2 Å². The molecule has 160 valence electrons. The number of aromatic nitrogens is 1. The highest BCUT2D eigenvalue weighted by atomic mass is 35.5. The fraction of sp³-hybridized carbons (Fsp3) is 0.417. The number of hydrogen-bond acceptors (Lipinski definition) is 4. The lowest BCUT2D eigenvalue weighted by atomic mass is 10.00. The monoisotopic (exact) mass is 459 g/mol. The van der Waals surface area contributed by atoms with E-state index in [1.54, 1.807) is 11.3 Å². The van der Waals surface area contributed by atoms with Crippen molar-refractivity contribution in [2.75, 3.05) is 4.90 Å². The zero-order valence-electron chi connectivity index (χ0n) is 18.3. The van der Waals surface area contributed by atoms with Crippen LogP contribution in [0.15, 0.2) is 48.5 Å². The average molecular weight is 460 g/mol. The first kappa shape index (κ1) is 23.0. The van der Waals surface area contributed by atoms with Gasteiger partial charge in [0.1, 0.15) is 0 Å². The second-order valence-electron chi connectivity index (χ2n) is 9.10. The second kappa shape index (κ2) is 9.63. The highest BCUT2D eigenvalue weighted by Gasteiger charge is 2.29. The Kier molecular flexibility index (Phi) is 7.38. The highest BCUT2D eigenvalue weighted by molar-refractivity contribution is 7.80. The van der Waals surface area contributed by atoms with Gasteiger partial charge in [0.05, 0.1) is 21.2 Å². The Hall–Kier alpha value is -1.69. The number of nitrogens with zero attached hydrogens (tertiary/aromatic N) is 2. The molecule has 3 nitrogen and oxygen atoms in total. The van der Waals surface area contributed by atoms with Gasteiger partial charge in [0.15, 0.2) is 5.13 Å². The van der Waals surface area contributed by atoms with Gasteiger partial charge in [-0.2, -0.15) is 0 Å². The van der Waals surface area contributed by atoms with E-state index in [1.807, 2.05) is 18.2 Å². The number of anilines is 1. The molecule has 0 saturated heterocycles. The summed E-state index contributed by atoms with van der Waals surface area (Å²) in [5, 5.41) is 5.29. The van der Waals surface area contributed by atoms with Crippen molar-refractivity contribution in [1.29, 1.82) is 0 Å². The third kappa shape index (κ3) is 6.16. The molecule has 30 heavy (non-hydrogen) atoms.